The van der Waals surface area contributed by atoms with Crippen molar-refractivity contribution < 1.29 is 29.3 Å². The predicted octanol–water partition coefficient (Wildman–Crippen LogP) is 2.65. The number of dihydropyridines is 1. The van der Waals surface area contributed by atoms with Crippen LogP contribution in [0.5, 0.6) is 5.75 Å². The number of aliphatic carboxylic acids is 2. The van der Waals surface area contributed by atoms with E-state index in [-0.39, 0.29) is 17.8 Å². The van der Waals surface area contributed by atoms with E-state index in [1.807, 2.05) is 6.92 Å². The van der Waals surface area contributed by atoms with Crippen LogP contribution in [0, 0.1) is 5.92 Å². The fourth-order valence-corrected chi connectivity index (χ4v) is 3.93. The number of piperidine rings is 1. The molecule has 31 heavy (non-hydrogen) atoms. The van der Waals surface area contributed by atoms with Crippen LogP contribution in [0.1, 0.15) is 26.2 Å². The fraction of sp³-hybridized carbons (Fsp3) is 0.391. The van der Waals surface area contributed by atoms with Gasteiger partial charge in [0.2, 0.25) is 0 Å². The summed E-state index contributed by atoms with van der Waals surface area (Å²) in [7, 11) is 0. The van der Waals surface area contributed by atoms with Crippen LogP contribution in [-0.4, -0.2) is 47.1 Å². The second-order valence-electron chi connectivity index (χ2n) is 7.50. The molecular weight excluding hydrogens is 400 g/mol. The molecular formula is C23H28N2O6. The van der Waals surface area contributed by atoms with E-state index in [1.165, 1.54) is 6.20 Å². The third-order valence-electron chi connectivity index (χ3n) is 5.41. The summed E-state index contributed by atoms with van der Waals surface area (Å²) in [5.41, 5.74) is -2.33. The molecule has 0 bridgehead atoms. The molecule has 1 unspecified atom stereocenters. The Hall–Kier alpha value is -3.26. The first-order chi connectivity index (χ1) is 15.0. The SMILES string of the molecule is CC[C@H](OC1=CC=CN[C@]1(Oc1ccccc1)/C(=C\C(=O)O)C(=O)O)C1CCCNC1. The Labute approximate surface area is 181 Å². The van der Waals surface area contributed by atoms with E-state index in [2.05, 4.69) is 10.6 Å². The van der Waals surface area contributed by atoms with Gasteiger partial charge in [0.25, 0.3) is 5.72 Å². The molecule has 2 heterocycles. The van der Waals surface area contributed by atoms with Crippen molar-refractivity contribution in [2.75, 3.05) is 13.1 Å². The van der Waals surface area contributed by atoms with Crippen molar-refractivity contribution in [1.82, 2.24) is 10.6 Å². The zero-order valence-electron chi connectivity index (χ0n) is 17.4. The number of allylic oxidation sites excluding steroid dienone is 2. The minimum Gasteiger partial charge on any atom is -0.488 e. The fourth-order valence-electron chi connectivity index (χ4n) is 3.93. The standard InChI is InChI=1S/C23H28N2O6/c1-2-19(16-8-6-12-24-15-16)30-20-11-7-13-25-23(20,18(22(28)29)14-21(26)27)31-17-9-4-3-5-10-17/h3-5,7,9-11,13-14,16,19,24-25H,2,6,8,12,15H2,1H3,(H,26,27)(H,28,29)/b18-14-/t16?,19-,23-/m0/s1. The van der Waals surface area contributed by atoms with Gasteiger partial charge in [0.15, 0.2) is 5.76 Å². The maximum absolute atomic E-state index is 12.2. The highest BCUT2D eigenvalue weighted by Crippen LogP contribution is 2.35. The van der Waals surface area contributed by atoms with E-state index < -0.39 is 23.2 Å². The normalized spacial score (nSPS) is 24.5. The Morgan fingerprint density at radius 2 is 2.06 bits per heavy atom. The lowest BCUT2D eigenvalue weighted by molar-refractivity contribution is -0.137. The van der Waals surface area contributed by atoms with Crippen LogP contribution in [0.4, 0.5) is 0 Å². The molecule has 0 radical (unpaired) electrons. The quantitative estimate of drug-likeness (QED) is 0.444. The highest BCUT2D eigenvalue weighted by Gasteiger charge is 2.48. The van der Waals surface area contributed by atoms with Gasteiger partial charge in [-0.05, 0) is 50.1 Å². The number of carboxylic acids is 2. The van der Waals surface area contributed by atoms with E-state index >= 15 is 0 Å². The molecule has 0 aliphatic carbocycles. The van der Waals surface area contributed by atoms with Crippen LogP contribution in [-0.2, 0) is 14.3 Å². The molecule has 8 heteroatoms. The summed E-state index contributed by atoms with van der Waals surface area (Å²) in [5.74, 6) is -2.01. The largest absolute Gasteiger partial charge is 0.488 e. The number of hydrogen-bond donors (Lipinski definition) is 4. The summed E-state index contributed by atoms with van der Waals surface area (Å²) in [6, 6.07) is 8.63. The Bertz CT molecular complexity index is 873. The van der Waals surface area contributed by atoms with Crippen molar-refractivity contribution in [3.8, 4) is 5.75 Å². The number of benzene rings is 1. The van der Waals surface area contributed by atoms with Gasteiger partial charge in [-0.2, -0.15) is 0 Å². The van der Waals surface area contributed by atoms with Crippen molar-refractivity contribution >= 4 is 11.9 Å². The summed E-state index contributed by atoms with van der Waals surface area (Å²) in [6.45, 7) is 3.78. The number of carboxylic acid groups (broad SMARTS) is 2. The zero-order chi connectivity index (χ0) is 22.3. The third kappa shape index (κ3) is 5.27. The van der Waals surface area contributed by atoms with Crippen LogP contribution < -0.4 is 15.4 Å². The van der Waals surface area contributed by atoms with Crippen LogP contribution in [0.3, 0.4) is 0 Å². The molecule has 4 N–H and O–H groups in total. The average Bonchev–Trinajstić information content (AvgIpc) is 2.78. The number of nitrogens with one attached hydrogen (secondary N) is 2. The summed E-state index contributed by atoms with van der Waals surface area (Å²) in [4.78, 5) is 23.6. The summed E-state index contributed by atoms with van der Waals surface area (Å²) < 4.78 is 12.5. The second-order valence-corrected chi connectivity index (χ2v) is 7.50. The predicted molar refractivity (Wildman–Crippen MR) is 114 cm³/mol. The number of ether oxygens (including phenoxy) is 2. The first kappa shape index (κ1) is 22.4. The number of hydrogen-bond acceptors (Lipinski definition) is 6. The average molecular weight is 428 g/mol. The molecule has 1 aromatic rings. The molecule has 1 aromatic carbocycles. The maximum atomic E-state index is 12.2. The Morgan fingerprint density at radius 3 is 2.68 bits per heavy atom. The Morgan fingerprint density at radius 1 is 1.29 bits per heavy atom. The van der Waals surface area contributed by atoms with Gasteiger partial charge in [0, 0.05) is 24.7 Å². The minimum absolute atomic E-state index is 0.189. The topological polar surface area (TPSA) is 117 Å². The van der Waals surface area contributed by atoms with Gasteiger partial charge >= 0.3 is 11.9 Å². The Kier molecular flexibility index (Phi) is 7.36. The van der Waals surface area contributed by atoms with Crippen molar-refractivity contribution in [3.63, 3.8) is 0 Å². The van der Waals surface area contributed by atoms with Crippen LogP contribution in [0.25, 0.3) is 0 Å². The van der Waals surface area contributed by atoms with Crippen molar-refractivity contribution in [2.24, 2.45) is 5.92 Å². The molecule has 166 valence electrons. The van der Waals surface area contributed by atoms with Crippen LogP contribution in [0.15, 0.2) is 66.1 Å². The monoisotopic (exact) mass is 428 g/mol. The maximum Gasteiger partial charge on any atom is 0.338 e. The number of carbonyl (C=O) groups is 2. The van der Waals surface area contributed by atoms with E-state index in [1.54, 1.807) is 42.5 Å². The van der Waals surface area contributed by atoms with Gasteiger partial charge in [0.1, 0.15) is 17.4 Å². The van der Waals surface area contributed by atoms with E-state index in [4.69, 9.17) is 9.47 Å². The molecule has 8 nitrogen and oxygen atoms in total. The van der Waals surface area contributed by atoms with Gasteiger partial charge in [0.05, 0.1) is 0 Å². The smallest absolute Gasteiger partial charge is 0.338 e. The summed E-state index contributed by atoms with van der Waals surface area (Å²) >= 11 is 0. The van der Waals surface area contributed by atoms with Gasteiger partial charge in [-0.25, -0.2) is 9.59 Å². The third-order valence-corrected chi connectivity index (χ3v) is 5.41. The zero-order valence-corrected chi connectivity index (χ0v) is 17.4. The first-order valence-corrected chi connectivity index (χ1v) is 10.4. The molecule has 0 spiro atoms. The molecule has 1 saturated heterocycles. The molecule has 1 fully saturated rings. The second kappa shape index (κ2) is 10.2. The molecule has 2 aliphatic heterocycles. The van der Waals surface area contributed by atoms with E-state index in [0.29, 0.717) is 18.2 Å². The first-order valence-electron chi connectivity index (χ1n) is 10.4. The van der Waals surface area contributed by atoms with Crippen LogP contribution >= 0.6 is 0 Å². The van der Waals surface area contributed by atoms with E-state index in [0.717, 1.165) is 25.9 Å². The lowest BCUT2D eigenvalue weighted by Crippen LogP contribution is -2.56. The van der Waals surface area contributed by atoms with Crippen LogP contribution in [0.2, 0.25) is 0 Å². The number of rotatable bonds is 9. The lowest BCUT2D eigenvalue weighted by atomic mass is 9.91. The highest BCUT2D eigenvalue weighted by molar-refractivity contribution is 5.97. The van der Waals surface area contributed by atoms with Gasteiger partial charge in [-0.3, -0.25) is 0 Å². The van der Waals surface area contributed by atoms with Gasteiger partial charge < -0.3 is 30.3 Å². The Balaban J connectivity index is 2.04. The highest BCUT2D eigenvalue weighted by atomic mass is 16.6. The molecule has 0 aromatic heterocycles. The van der Waals surface area contributed by atoms with Crippen molar-refractivity contribution in [1.29, 1.82) is 0 Å². The van der Waals surface area contributed by atoms with Gasteiger partial charge in [-0.1, -0.05) is 25.1 Å². The molecule has 3 rings (SSSR count). The van der Waals surface area contributed by atoms with Crippen molar-refractivity contribution in [3.05, 3.63) is 66.1 Å². The lowest BCUT2D eigenvalue weighted by Gasteiger charge is -2.40. The summed E-state index contributed by atoms with van der Waals surface area (Å²) in [5, 5.41) is 25.6. The number of para-hydroxylation sites is 1. The van der Waals surface area contributed by atoms with E-state index in [9.17, 15) is 19.8 Å². The van der Waals surface area contributed by atoms with Crippen molar-refractivity contribution in [2.45, 2.75) is 38.0 Å². The summed E-state index contributed by atoms with van der Waals surface area (Å²) in [6.07, 6.45) is 7.99. The molecule has 3 atom stereocenters. The molecule has 2 aliphatic rings. The van der Waals surface area contributed by atoms with Gasteiger partial charge in [-0.15, -0.1) is 0 Å². The minimum atomic E-state index is -1.84. The molecule has 0 saturated carbocycles. The molecule has 0 amide bonds.